The second kappa shape index (κ2) is 8.82. The lowest BCUT2D eigenvalue weighted by Crippen LogP contribution is -2.23. The molecule has 0 unspecified atom stereocenters. The van der Waals surface area contributed by atoms with Crippen molar-refractivity contribution in [3.8, 4) is 28.3 Å². The number of thiophene rings is 1. The largest absolute Gasteiger partial charge is 0.240 e. The van der Waals surface area contributed by atoms with E-state index in [1.165, 1.54) is 35.6 Å². The number of halogens is 1. The second-order valence-electron chi connectivity index (χ2n) is 6.73. The van der Waals surface area contributed by atoms with Crippen molar-refractivity contribution in [3.05, 3.63) is 101 Å². The highest BCUT2D eigenvalue weighted by molar-refractivity contribution is 7.89. The normalized spacial score (nSPS) is 11.2. The van der Waals surface area contributed by atoms with Gasteiger partial charge in [0.1, 0.15) is 16.8 Å². The molecular formula is C24H17FN2O2S2. The van der Waals surface area contributed by atoms with Crippen molar-refractivity contribution in [3.63, 3.8) is 0 Å². The molecule has 0 saturated heterocycles. The van der Waals surface area contributed by atoms with Crippen molar-refractivity contribution in [2.24, 2.45) is 0 Å². The summed E-state index contributed by atoms with van der Waals surface area (Å²) in [6.45, 7) is 0.0298. The molecule has 0 saturated carbocycles. The van der Waals surface area contributed by atoms with Gasteiger partial charge in [0.05, 0.1) is 4.90 Å². The van der Waals surface area contributed by atoms with Crippen LogP contribution in [0.4, 0.5) is 4.39 Å². The van der Waals surface area contributed by atoms with Gasteiger partial charge < -0.3 is 0 Å². The van der Waals surface area contributed by atoms with Crippen LogP contribution in [-0.2, 0) is 16.6 Å². The molecular weight excluding hydrogens is 431 g/mol. The van der Waals surface area contributed by atoms with E-state index in [0.717, 1.165) is 11.1 Å². The Kier molecular flexibility index (Phi) is 5.96. The Bertz CT molecular complexity index is 1340. The number of hydrogen-bond acceptors (Lipinski definition) is 4. The summed E-state index contributed by atoms with van der Waals surface area (Å²) in [5.41, 5.74) is 3.00. The van der Waals surface area contributed by atoms with E-state index in [-0.39, 0.29) is 17.3 Å². The molecule has 1 heterocycles. The Morgan fingerprint density at radius 1 is 0.839 bits per heavy atom. The van der Waals surface area contributed by atoms with Crippen molar-refractivity contribution in [2.45, 2.75) is 11.4 Å². The van der Waals surface area contributed by atoms with Gasteiger partial charge in [-0.25, -0.2) is 17.5 Å². The maximum absolute atomic E-state index is 13.5. The third-order valence-electron chi connectivity index (χ3n) is 4.75. The van der Waals surface area contributed by atoms with E-state index >= 15 is 0 Å². The highest BCUT2D eigenvalue weighted by Gasteiger charge is 2.23. The van der Waals surface area contributed by atoms with Crippen LogP contribution in [-0.4, -0.2) is 8.42 Å². The molecule has 7 heteroatoms. The van der Waals surface area contributed by atoms with Crippen molar-refractivity contribution < 1.29 is 12.8 Å². The van der Waals surface area contributed by atoms with Crippen LogP contribution in [0.15, 0.2) is 89.8 Å². The predicted molar refractivity (Wildman–Crippen MR) is 120 cm³/mol. The van der Waals surface area contributed by atoms with Crippen molar-refractivity contribution >= 4 is 21.4 Å². The van der Waals surface area contributed by atoms with E-state index in [0.29, 0.717) is 20.9 Å². The molecule has 0 radical (unpaired) electrons. The minimum absolute atomic E-state index is 0.0298. The monoisotopic (exact) mass is 448 g/mol. The molecule has 0 fully saturated rings. The lowest BCUT2D eigenvalue weighted by Gasteiger charge is -2.10. The SMILES string of the molecule is N#Cc1sc(CNS(=O)(=O)c2ccccc2)c(-c2ccccc2)c1-c1ccc(F)cc1. The maximum Gasteiger partial charge on any atom is 0.240 e. The van der Waals surface area contributed by atoms with Gasteiger partial charge in [-0.2, -0.15) is 5.26 Å². The van der Waals surface area contributed by atoms with Gasteiger partial charge in [-0.05, 0) is 35.4 Å². The van der Waals surface area contributed by atoms with Gasteiger partial charge >= 0.3 is 0 Å². The average molecular weight is 449 g/mol. The third-order valence-corrected chi connectivity index (χ3v) is 7.27. The fourth-order valence-electron chi connectivity index (χ4n) is 3.33. The highest BCUT2D eigenvalue weighted by atomic mass is 32.2. The molecule has 154 valence electrons. The summed E-state index contributed by atoms with van der Waals surface area (Å²) < 4.78 is 41.5. The maximum atomic E-state index is 13.5. The summed E-state index contributed by atoms with van der Waals surface area (Å²) in [6, 6.07) is 25.8. The van der Waals surface area contributed by atoms with Gasteiger partial charge in [0.25, 0.3) is 0 Å². The van der Waals surface area contributed by atoms with Crippen LogP contribution in [0, 0.1) is 17.1 Å². The Morgan fingerprint density at radius 2 is 1.42 bits per heavy atom. The van der Waals surface area contributed by atoms with E-state index in [4.69, 9.17) is 0 Å². The van der Waals surface area contributed by atoms with Gasteiger partial charge in [-0.3, -0.25) is 0 Å². The lowest BCUT2D eigenvalue weighted by molar-refractivity contribution is 0.582. The predicted octanol–water partition coefficient (Wildman–Crippen LogP) is 5.57. The molecule has 4 rings (SSSR count). The number of nitrogens with zero attached hydrogens (tertiary/aromatic N) is 1. The molecule has 1 N–H and O–H groups in total. The van der Waals surface area contributed by atoms with Gasteiger partial charge in [-0.1, -0.05) is 60.7 Å². The Labute approximate surface area is 184 Å². The Hall–Kier alpha value is -3.31. The zero-order chi connectivity index (χ0) is 21.8. The molecule has 0 atom stereocenters. The number of hydrogen-bond donors (Lipinski definition) is 1. The fourth-order valence-corrected chi connectivity index (χ4v) is 5.52. The van der Waals surface area contributed by atoms with E-state index < -0.39 is 10.0 Å². The van der Waals surface area contributed by atoms with Crippen molar-refractivity contribution in [2.75, 3.05) is 0 Å². The van der Waals surface area contributed by atoms with Crippen molar-refractivity contribution in [1.82, 2.24) is 4.72 Å². The first-order valence-corrected chi connectivity index (χ1v) is 11.7. The third kappa shape index (κ3) is 4.42. The van der Waals surface area contributed by atoms with Crippen LogP contribution in [0.3, 0.4) is 0 Å². The van der Waals surface area contributed by atoms with Crippen LogP contribution in [0.1, 0.15) is 9.75 Å². The van der Waals surface area contributed by atoms with E-state index in [1.807, 2.05) is 30.3 Å². The lowest BCUT2D eigenvalue weighted by atomic mass is 9.95. The summed E-state index contributed by atoms with van der Waals surface area (Å²) in [7, 11) is -3.71. The van der Waals surface area contributed by atoms with Gasteiger partial charge in [0, 0.05) is 22.5 Å². The Balaban J connectivity index is 1.81. The number of sulfonamides is 1. The summed E-state index contributed by atoms with van der Waals surface area (Å²) in [4.78, 5) is 1.33. The average Bonchev–Trinajstić information content (AvgIpc) is 3.18. The quantitative estimate of drug-likeness (QED) is 0.419. The molecule has 0 spiro atoms. The first-order valence-electron chi connectivity index (χ1n) is 9.41. The van der Waals surface area contributed by atoms with Crippen LogP contribution >= 0.6 is 11.3 Å². The summed E-state index contributed by atoms with van der Waals surface area (Å²) in [6.07, 6.45) is 0. The number of benzene rings is 3. The molecule has 4 aromatic rings. The number of rotatable bonds is 6. The molecule has 0 bridgehead atoms. The number of nitrogens with one attached hydrogen (secondary N) is 1. The van der Waals surface area contributed by atoms with Gasteiger partial charge in [0.15, 0.2) is 0 Å². The first-order chi connectivity index (χ1) is 15.0. The van der Waals surface area contributed by atoms with Crippen LogP contribution in [0.25, 0.3) is 22.3 Å². The van der Waals surface area contributed by atoms with Gasteiger partial charge in [-0.15, -0.1) is 11.3 Å². The smallest absolute Gasteiger partial charge is 0.207 e. The van der Waals surface area contributed by atoms with E-state index in [1.54, 1.807) is 30.3 Å². The summed E-state index contributed by atoms with van der Waals surface area (Å²) in [5.74, 6) is -0.366. The summed E-state index contributed by atoms with van der Waals surface area (Å²) in [5, 5.41) is 9.77. The van der Waals surface area contributed by atoms with Crippen molar-refractivity contribution in [1.29, 1.82) is 5.26 Å². The Morgan fingerprint density at radius 3 is 2.03 bits per heavy atom. The highest BCUT2D eigenvalue weighted by Crippen LogP contribution is 2.43. The minimum atomic E-state index is -3.71. The molecule has 0 aliphatic carbocycles. The minimum Gasteiger partial charge on any atom is -0.207 e. The zero-order valence-corrected chi connectivity index (χ0v) is 17.9. The van der Waals surface area contributed by atoms with Crippen LogP contribution in [0.2, 0.25) is 0 Å². The topological polar surface area (TPSA) is 70.0 Å². The molecule has 1 aromatic heterocycles. The zero-order valence-electron chi connectivity index (χ0n) is 16.2. The summed E-state index contributed by atoms with van der Waals surface area (Å²) >= 11 is 1.23. The first kappa shape index (κ1) is 20.9. The molecule has 4 nitrogen and oxygen atoms in total. The molecule has 3 aromatic carbocycles. The molecule has 0 aliphatic rings. The standard InChI is InChI=1S/C24H17FN2O2S2/c25-19-13-11-18(12-14-19)23-21(15-26)30-22(24(23)17-7-3-1-4-8-17)16-27-31(28,29)20-9-5-2-6-10-20/h1-14,27H,16H2. The second-order valence-corrected chi connectivity index (χ2v) is 9.60. The molecule has 31 heavy (non-hydrogen) atoms. The fraction of sp³-hybridized carbons (Fsp3) is 0.0417. The van der Waals surface area contributed by atoms with Crippen LogP contribution in [0.5, 0.6) is 0 Å². The molecule has 0 amide bonds. The number of nitriles is 1. The van der Waals surface area contributed by atoms with Crippen LogP contribution < -0.4 is 4.72 Å². The van der Waals surface area contributed by atoms with E-state index in [9.17, 15) is 18.1 Å². The molecule has 0 aliphatic heterocycles. The van der Waals surface area contributed by atoms with Gasteiger partial charge in [0.2, 0.25) is 10.0 Å². The van der Waals surface area contributed by atoms with E-state index in [2.05, 4.69) is 10.8 Å².